The maximum Gasteiger partial charge on any atom is 0.253 e. The Bertz CT molecular complexity index is 797. The van der Waals surface area contributed by atoms with Gasteiger partial charge in [0.25, 0.3) is 5.91 Å². The van der Waals surface area contributed by atoms with Crippen molar-refractivity contribution in [3.63, 3.8) is 0 Å². The quantitative estimate of drug-likeness (QED) is 0.674. The second kappa shape index (κ2) is 9.86. The van der Waals surface area contributed by atoms with Crippen LogP contribution in [0.25, 0.3) is 0 Å². The lowest BCUT2D eigenvalue weighted by Crippen LogP contribution is -2.31. The molecule has 2 amide bonds. The normalized spacial score (nSPS) is 10.7. The summed E-state index contributed by atoms with van der Waals surface area (Å²) in [7, 11) is 0. The van der Waals surface area contributed by atoms with Crippen molar-refractivity contribution < 1.29 is 9.59 Å². The van der Waals surface area contributed by atoms with E-state index < -0.39 is 0 Å². The maximum absolute atomic E-state index is 12.2. The molecule has 0 atom stereocenters. The van der Waals surface area contributed by atoms with Crippen LogP contribution in [-0.4, -0.2) is 23.6 Å². The average molecular weight is 411 g/mol. The topological polar surface area (TPSA) is 58.2 Å². The molecule has 0 radical (unpaired) electrons. The van der Waals surface area contributed by atoms with Gasteiger partial charge < -0.3 is 10.6 Å². The Kier molecular flexibility index (Phi) is 7.82. The van der Waals surface area contributed by atoms with E-state index in [-0.39, 0.29) is 23.6 Å². The van der Waals surface area contributed by atoms with E-state index >= 15 is 0 Å². The van der Waals surface area contributed by atoms with E-state index in [1.165, 1.54) is 11.8 Å². The first-order chi connectivity index (χ1) is 12.4. The molecular weight excluding hydrogens is 391 g/mol. The number of nitrogens with one attached hydrogen (secondary N) is 2. The van der Waals surface area contributed by atoms with Gasteiger partial charge in [-0.15, -0.1) is 11.8 Å². The number of rotatable bonds is 7. The van der Waals surface area contributed by atoms with Gasteiger partial charge in [-0.25, -0.2) is 0 Å². The zero-order valence-corrected chi connectivity index (χ0v) is 16.8. The van der Waals surface area contributed by atoms with Crippen molar-refractivity contribution in [2.75, 3.05) is 11.1 Å². The number of hydrogen-bond acceptors (Lipinski definition) is 3. The predicted octanol–water partition coefficient (Wildman–Crippen LogP) is 5.00. The average Bonchev–Trinajstić information content (AvgIpc) is 2.56. The second-order valence-electron chi connectivity index (χ2n) is 5.95. The first-order valence-corrected chi connectivity index (χ1v) is 9.99. The Hall–Kier alpha value is -1.69. The minimum atomic E-state index is -0.212. The molecule has 2 aromatic carbocycles. The zero-order chi connectivity index (χ0) is 19.1. The fourth-order valence-electron chi connectivity index (χ4n) is 2.21. The molecule has 0 saturated heterocycles. The molecule has 26 heavy (non-hydrogen) atoms. The largest absolute Gasteiger partial charge is 0.350 e. The molecule has 0 fully saturated rings. The zero-order valence-electron chi connectivity index (χ0n) is 14.5. The third-order valence-corrected chi connectivity index (χ3v) is 4.94. The van der Waals surface area contributed by atoms with Gasteiger partial charge in [-0.2, -0.15) is 0 Å². The maximum atomic E-state index is 12.2. The number of amides is 2. The van der Waals surface area contributed by atoms with Crippen LogP contribution >= 0.6 is 35.0 Å². The van der Waals surface area contributed by atoms with Crippen LogP contribution in [0.15, 0.2) is 42.5 Å². The predicted molar refractivity (Wildman–Crippen MR) is 110 cm³/mol. The summed E-state index contributed by atoms with van der Waals surface area (Å²) in [4.78, 5) is 24.4. The number of benzene rings is 2. The van der Waals surface area contributed by atoms with Crippen molar-refractivity contribution in [3.8, 4) is 0 Å². The van der Waals surface area contributed by atoms with E-state index in [0.29, 0.717) is 27.0 Å². The third-order valence-electron chi connectivity index (χ3n) is 3.37. The van der Waals surface area contributed by atoms with Crippen molar-refractivity contribution in [3.05, 3.63) is 63.6 Å². The summed E-state index contributed by atoms with van der Waals surface area (Å²) >= 11 is 13.4. The number of anilines is 1. The number of carbonyl (C=O) groups is 2. The Morgan fingerprint density at radius 2 is 1.85 bits per heavy atom. The summed E-state index contributed by atoms with van der Waals surface area (Å²) in [6.45, 7) is 3.77. The highest BCUT2D eigenvalue weighted by Gasteiger charge is 2.14. The first kappa shape index (κ1) is 20.6. The van der Waals surface area contributed by atoms with E-state index in [9.17, 15) is 9.59 Å². The lowest BCUT2D eigenvalue weighted by molar-refractivity contribution is -0.113. The van der Waals surface area contributed by atoms with Gasteiger partial charge in [0.2, 0.25) is 5.91 Å². The minimum absolute atomic E-state index is 0.0194. The Balaban J connectivity index is 1.92. The molecule has 0 unspecified atom stereocenters. The van der Waals surface area contributed by atoms with Gasteiger partial charge in [-0.05, 0) is 43.7 Å². The first-order valence-electron chi connectivity index (χ1n) is 8.08. The van der Waals surface area contributed by atoms with E-state index in [1.54, 1.807) is 36.4 Å². The van der Waals surface area contributed by atoms with Crippen LogP contribution in [0.5, 0.6) is 0 Å². The van der Waals surface area contributed by atoms with E-state index in [2.05, 4.69) is 10.6 Å². The molecule has 0 aliphatic rings. The molecule has 2 rings (SSSR count). The van der Waals surface area contributed by atoms with Crippen LogP contribution in [0.3, 0.4) is 0 Å². The van der Waals surface area contributed by atoms with Gasteiger partial charge in [0, 0.05) is 21.8 Å². The SMILES string of the molecule is CC(C)NC(=O)c1ccccc1NC(=O)CSCc1ccc(Cl)cc1Cl. The number of halogens is 2. The van der Waals surface area contributed by atoms with Crippen LogP contribution in [0, 0.1) is 0 Å². The molecule has 0 heterocycles. The van der Waals surface area contributed by atoms with Crippen LogP contribution in [0.1, 0.15) is 29.8 Å². The van der Waals surface area contributed by atoms with Crippen molar-refractivity contribution in [2.24, 2.45) is 0 Å². The molecule has 0 bridgehead atoms. The fraction of sp³-hybridized carbons (Fsp3) is 0.263. The minimum Gasteiger partial charge on any atom is -0.350 e. The number of thioether (sulfide) groups is 1. The lowest BCUT2D eigenvalue weighted by atomic mass is 10.1. The van der Waals surface area contributed by atoms with E-state index in [0.717, 1.165) is 5.56 Å². The van der Waals surface area contributed by atoms with Gasteiger partial charge in [0.15, 0.2) is 0 Å². The van der Waals surface area contributed by atoms with Gasteiger partial charge in [-0.1, -0.05) is 41.4 Å². The monoisotopic (exact) mass is 410 g/mol. The van der Waals surface area contributed by atoms with Crippen LogP contribution in [0.4, 0.5) is 5.69 Å². The Morgan fingerprint density at radius 3 is 2.54 bits per heavy atom. The molecule has 0 saturated carbocycles. The van der Waals surface area contributed by atoms with E-state index in [1.807, 2.05) is 19.9 Å². The lowest BCUT2D eigenvalue weighted by Gasteiger charge is -2.13. The molecule has 0 aliphatic carbocycles. The summed E-state index contributed by atoms with van der Waals surface area (Å²) < 4.78 is 0. The summed E-state index contributed by atoms with van der Waals surface area (Å²) in [5.74, 6) is 0.458. The van der Waals surface area contributed by atoms with Crippen molar-refractivity contribution in [1.82, 2.24) is 5.32 Å². The standard InChI is InChI=1S/C19H20Cl2N2O2S/c1-12(2)22-19(25)15-5-3-4-6-17(15)23-18(24)11-26-10-13-7-8-14(20)9-16(13)21/h3-9,12H,10-11H2,1-2H3,(H,22,25)(H,23,24). The summed E-state index contributed by atoms with van der Waals surface area (Å²) in [5.41, 5.74) is 1.87. The van der Waals surface area contributed by atoms with E-state index in [4.69, 9.17) is 23.2 Å². The molecular formula is C19H20Cl2N2O2S. The highest BCUT2D eigenvalue weighted by molar-refractivity contribution is 7.99. The van der Waals surface area contributed by atoms with Crippen LogP contribution < -0.4 is 10.6 Å². The third kappa shape index (κ3) is 6.24. The number of carbonyl (C=O) groups excluding carboxylic acids is 2. The van der Waals surface area contributed by atoms with Gasteiger partial charge in [-0.3, -0.25) is 9.59 Å². The van der Waals surface area contributed by atoms with Gasteiger partial charge in [0.05, 0.1) is 17.0 Å². The van der Waals surface area contributed by atoms with Crippen LogP contribution in [-0.2, 0) is 10.5 Å². The summed E-state index contributed by atoms with van der Waals surface area (Å²) in [6.07, 6.45) is 0. The van der Waals surface area contributed by atoms with Gasteiger partial charge >= 0.3 is 0 Å². The van der Waals surface area contributed by atoms with Crippen molar-refractivity contribution in [2.45, 2.75) is 25.6 Å². The molecule has 2 aromatic rings. The molecule has 0 spiro atoms. The van der Waals surface area contributed by atoms with Crippen LogP contribution in [0.2, 0.25) is 10.0 Å². The fourth-order valence-corrected chi connectivity index (χ4v) is 3.59. The number of hydrogen-bond donors (Lipinski definition) is 2. The Labute approximate surface area is 167 Å². The molecule has 138 valence electrons. The molecule has 0 aliphatic heterocycles. The highest BCUT2D eigenvalue weighted by atomic mass is 35.5. The summed E-state index contributed by atoms with van der Waals surface area (Å²) in [6, 6.07) is 12.3. The number of para-hydroxylation sites is 1. The highest BCUT2D eigenvalue weighted by Crippen LogP contribution is 2.25. The molecule has 4 nitrogen and oxygen atoms in total. The molecule has 7 heteroatoms. The smallest absolute Gasteiger partial charge is 0.253 e. The summed E-state index contributed by atoms with van der Waals surface area (Å²) in [5, 5.41) is 6.79. The van der Waals surface area contributed by atoms with Crippen molar-refractivity contribution >= 4 is 52.5 Å². The van der Waals surface area contributed by atoms with Gasteiger partial charge in [0.1, 0.15) is 0 Å². The Morgan fingerprint density at radius 1 is 1.12 bits per heavy atom. The molecule has 0 aromatic heterocycles. The second-order valence-corrected chi connectivity index (χ2v) is 7.78. The molecule has 2 N–H and O–H groups in total. The van der Waals surface area contributed by atoms with Crippen molar-refractivity contribution in [1.29, 1.82) is 0 Å².